The number of carbonyl (C=O) groups is 3. The summed E-state index contributed by atoms with van der Waals surface area (Å²) in [4.78, 5) is 41.1. The quantitative estimate of drug-likeness (QED) is 0.786. The molecule has 2 saturated heterocycles. The monoisotopic (exact) mass is 312 g/mol. The highest BCUT2D eigenvalue weighted by Crippen LogP contribution is 2.49. The third-order valence-corrected chi connectivity index (χ3v) is 5.52. The first kappa shape index (κ1) is 14.4. The van der Waals surface area contributed by atoms with Crippen molar-refractivity contribution in [1.29, 1.82) is 0 Å². The summed E-state index contributed by atoms with van der Waals surface area (Å²) in [5, 5.41) is 0. The number of benzene rings is 1. The van der Waals surface area contributed by atoms with E-state index in [0.717, 1.165) is 19.4 Å². The van der Waals surface area contributed by atoms with Crippen LogP contribution in [0.2, 0.25) is 0 Å². The van der Waals surface area contributed by atoms with Crippen LogP contribution in [0, 0.1) is 5.41 Å². The summed E-state index contributed by atoms with van der Waals surface area (Å²) in [6, 6.07) is 6.94. The van der Waals surface area contributed by atoms with Gasteiger partial charge in [-0.3, -0.25) is 19.3 Å². The van der Waals surface area contributed by atoms with Gasteiger partial charge in [0.25, 0.3) is 11.8 Å². The van der Waals surface area contributed by atoms with Crippen molar-refractivity contribution in [2.75, 3.05) is 13.1 Å². The van der Waals surface area contributed by atoms with E-state index < -0.39 is 5.41 Å². The molecule has 0 N–H and O–H groups in total. The maximum Gasteiger partial charge on any atom is 0.261 e. The molecule has 0 aromatic heterocycles. The molecule has 1 aromatic rings. The number of amides is 3. The summed E-state index contributed by atoms with van der Waals surface area (Å²) < 4.78 is 0. The molecule has 0 aliphatic carbocycles. The molecule has 23 heavy (non-hydrogen) atoms. The van der Waals surface area contributed by atoms with Crippen molar-refractivity contribution in [2.24, 2.45) is 5.41 Å². The highest BCUT2D eigenvalue weighted by molar-refractivity contribution is 6.21. The van der Waals surface area contributed by atoms with E-state index >= 15 is 0 Å². The fourth-order valence-electron chi connectivity index (χ4n) is 4.60. The summed E-state index contributed by atoms with van der Waals surface area (Å²) in [7, 11) is 0. The summed E-state index contributed by atoms with van der Waals surface area (Å²) in [5.41, 5.74) is 0.150. The number of hydrogen-bond donors (Lipinski definition) is 0. The second kappa shape index (κ2) is 4.43. The molecule has 3 heterocycles. The minimum Gasteiger partial charge on any atom is -0.335 e. The summed E-state index contributed by atoms with van der Waals surface area (Å²) in [6.07, 6.45) is 2.49. The molecule has 0 saturated carbocycles. The van der Waals surface area contributed by atoms with Crippen molar-refractivity contribution in [3.63, 3.8) is 0 Å². The van der Waals surface area contributed by atoms with Gasteiger partial charge in [0.1, 0.15) is 0 Å². The van der Waals surface area contributed by atoms with Crippen molar-refractivity contribution in [2.45, 2.75) is 38.6 Å². The number of rotatable bonds is 2. The van der Waals surface area contributed by atoms with Gasteiger partial charge in [-0.25, -0.2) is 0 Å². The van der Waals surface area contributed by atoms with Gasteiger partial charge in [-0.2, -0.15) is 0 Å². The zero-order valence-electron chi connectivity index (χ0n) is 13.5. The Balaban J connectivity index is 1.68. The van der Waals surface area contributed by atoms with Crippen LogP contribution in [0.25, 0.3) is 0 Å². The van der Waals surface area contributed by atoms with E-state index in [1.807, 2.05) is 18.7 Å². The van der Waals surface area contributed by atoms with Crippen LogP contribution in [-0.4, -0.2) is 46.1 Å². The van der Waals surface area contributed by atoms with Crippen LogP contribution in [0.15, 0.2) is 24.3 Å². The Morgan fingerprint density at radius 3 is 2.26 bits per heavy atom. The molecule has 0 radical (unpaired) electrons. The Morgan fingerprint density at radius 1 is 1.04 bits per heavy atom. The number of nitrogens with zero attached hydrogens (tertiary/aromatic N) is 2. The molecule has 2 fully saturated rings. The lowest BCUT2D eigenvalue weighted by atomic mass is 9.81. The lowest BCUT2D eigenvalue weighted by molar-refractivity contribution is -0.135. The van der Waals surface area contributed by atoms with Gasteiger partial charge in [0, 0.05) is 12.0 Å². The molecule has 4 rings (SSSR count). The standard InChI is InChI=1S/C18H20N2O3/c1-17(2)10-18(8-5-9-20(18)16(17)23)11-19-14(21)12-6-3-4-7-13(12)15(19)22/h3-4,6-7H,5,8-11H2,1-2H3/t18-/m0/s1. The summed E-state index contributed by atoms with van der Waals surface area (Å²) in [5.74, 6) is -0.320. The van der Waals surface area contributed by atoms with Crippen LogP contribution in [0.1, 0.15) is 53.8 Å². The molecule has 5 nitrogen and oxygen atoms in total. The molecule has 3 amide bonds. The number of imide groups is 1. The van der Waals surface area contributed by atoms with Gasteiger partial charge in [0.15, 0.2) is 0 Å². The van der Waals surface area contributed by atoms with Gasteiger partial charge in [-0.05, 0) is 31.4 Å². The van der Waals surface area contributed by atoms with Crippen molar-refractivity contribution in [1.82, 2.24) is 9.80 Å². The fraction of sp³-hybridized carbons (Fsp3) is 0.500. The molecule has 0 spiro atoms. The molecular weight excluding hydrogens is 292 g/mol. The van der Waals surface area contributed by atoms with Gasteiger partial charge in [-0.1, -0.05) is 26.0 Å². The van der Waals surface area contributed by atoms with Gasteiger partial charge in [-0.15, -0.1) is 0 Å². The topological polar surface area (TPSA) is 57.7 Å². The van der Waals surface area contributed by atoms with E-state index in [9.17, 15) is 14.4 Å². The minimum absolute atomic E-state index is 0.145. The zero-order valence-corrected chi connectivity index (χ0v) is 13.5. The van der Waals surface area contributed by atoms with Gasteiger partial charge in [0.05, 0.1) is 23.2 Å². The first-order valence-corrected chi connectivity index (χ1v) is 8.13. The van der Waals surface area contributed by atoms with Crippen LogP contribution < -0.4 is 0 Å². The van der Waals surface area contributed by atoms with E-state index in [1.54, 1.807) is 24.3 Å². The average Bonchev–Trinajstić information content (AvgIpc) is 3.07. The number of fused-ring (bicyclic) bond motifs is 2. The normalized spacial score (nSPS) is 28.5. The SMILES string of the molecule is CC1(C)C[C@]2(CN3C(=O)c4ccccc4C3=O)CCCN2C1=O. The highest BCUT2D eigenvalue weighted by Gasteiger charge is 2.58. The molecule has 0 bridgehead atoms. The van der Waals surface area contributed by atoms with Crippen LogP contribution in [0.3, 0.4) is 0 Å². The second-order valence-electron chi connectivity index (χ2n) is 7.59. The first-order chi connectivity index (χ1) is 10.9. The molecule has 3 aliphatic rings. The predicted molar refractivity (Wildman–Crippen MR) is 83.9 cm³/mol. The first-order valence-electron chi connectivity index (χ1n) is 8.13. The van der Waals surface area contributed by atoms with Crippen molar-refractivity contribution in [3.05, 3.63) is 35.4 Å². The van der Waals surface area contributed by atoms with Crippen LogP contribution in [0.4, 0.5) is 0 Å². The van der Waals surface area contributed by atoms with Crippen molar-refractivity contribution < 1.29 is 14.4 Å². The maximum absolute atomic E-state index is 12.6. The van der Waals surface area contributed by atoms with E-state index in [-0.39, 0.29) is 23.3 Å². The molecule has 0 unspecified atom stereocenters. The Labute approximate surface area is 135 Å². The molecule has 120 valence electrons. The van der Waals surface area contributed by atoms with E-state index in [4.69, 9.17) is 0 Å². The minimum atomic E-state index is -0.418. The number of hydrogen-bond acceptors (Lipinski definition) is 3. The van der Waals surface area contributed by atoms with Gasteiger partial charge >= 0.3 is 0 Å². The molecular formula is C18H20N2O3. The third-order valence-electron chi connectivity index (χ3n) is 5.52. The molecule has 1 aromatic carbocycles. The molecule has 5 heteroatoms. The fourth-order valence-corrected chi connectivity index (χ4v) is 4.60. The Bertz CT molecular complexity index is 705. The Hall–Kier alpha value is -2.17. The molecule has 1 atom stereocenters. The van der Waals surface area contributed by atoms with E-state index in [1.165, 1.54) is 4.90 Å². The largest absolute Gasteiger partial charge is 0.335 e. The Morgan fingerprint density at radius 2 is 1.65 bits per heavy atom. The number of carbonyl (C=O) groups excluding carboxylic acids is 3. The lowest BCUT2D eigenvalue weighted by Gasteiger charge is -2.35. The van der Waals surface area contributed by atoms with Gasteiger partial charge in [0.2, 0.25) is 5.91 Å². The Kier molecular flexibility index (Phi) is 2.78. The van der Waals surface area contributed by atoms with Crippen LogP contribution in [-0.2, 0) is 4.79 Å². The average molecular weight is 312 g/mol. The van der Waals surface area contributed by atoms with Crippen molar-refractivity contribution in [3.8, 4) is 0 Å². The third kappa shape index (κ3) is 1.82. The summed E-state index contributed by atoms with van der Waals surface area (Å²) in [6.45, 7) is 4.95. The van der Waals surface area contributed by atoms with Gasteiger partial charge < -0.3 is 4.90 Å². The second-order valence-corrected chi connectivity index (χ2v) is 7.59. The predicted octanol–water partition coefficient (Wildman–Crippen LogP) is 2.07. The molecule has 3 aliphatic heterocycles. The maximum atomic E-state index is 12.6. The van der Waals surface area contributed by atoms with Crippen molar-refractivity contribution >= 4 is 17.7 Å². The van der Waals surface area contributed by atoms with E-state index in [2.05, 4.69) is 0 Å². The lowest BCUT2D eigenvalue weighted by Crippen LogP contribution is -2.51. The van der Waals surface area contributed by atoms with Crippen LogP contribution in [0.5, 0.6) is 0 Å². The van der Waals surface area contributed by atoms with E-state index in [0.29, 0.717) is 24.1 Å². The zero-order chi connectivity index (χ0) is 16.4. The van der Waals surface area contributed by atoms with Crippen LogP contribution >= 0.6 is 0 Å². The smallest absolute Gasteiger partial charge is 0.261 e. The summed E-state index contributed by atoms with van der Waals surface area (Å²) >= 11 is 0. The highest BCUT2D eigenvalue weighted by atomic mass is 16.2.